The molecule has 12 heavy (non-hydrogen) atoms. The van der Waals surface area contributed by atoms with Gasteiger partial charge >= 0.3 is 0 Å². The predicted octanol–water partition coefficient (Wildman–Crippen LogP) is 1.64. The van der Waals surface area contributed by atoms with Crippen molar-refractivity contribution in [3.8, 4) is 0 Å². The first kappa shape index (κ1) is 9.48. The Balaban J connectivity index is 2.37. The van der Waals surface area contributed by atoms with Crippen LogP contribution < -0.4 is 5.32 Å². The van der Waals surface area contributed by atoms with E-state index in [2.05, 4.69) is 26.2 Å². The summed E-state index contributed by atoms with van der Waals surface area (Å²) >= 11 is 3.30. The highest BCUT2D eigenvalue weighted by Crippen LogP contribution is 2.09. The van der Waals surface area contributed by atoms with Crippen LogP contribution in [-0.2, 0) is 0 Å². The fourth-order valence-electron chi connectivity index (χ4n) is 0.776. The van der Waals surface area contributed by atoms with E-state index >= 15 is 0 Å². The number of hydrogen-bond acceptors (Lipinski definition) is 3. The first-order valence-electron chi connectivity index (χ1n) is 3.79. The number of nitrogens with one attached hydrogen (secondary N) is 1. The summed E-state index contributed by atoms with van der Waals surface area (Å²) in [6.45, 7) is 0.967. The number of nitrogens with zero attached hydrogens (tertiary/aromatic N) is 1. The molecule has 0 saturated heterocycles. The number of aliphatic hydroxyl groups excluding tert-OH is 1. The van der Waals surface area contributed by atoms with E-state index in [-0.39, 0.29) is 6.61 Å². The van der Waals surface area contributed by atoms with Gasteiger partial charge in [0.05, 0.1) is 0 Å². The largest absolute Gasteiger partial charge is 0.396 e. The Morgan fingerprint density at radius 2 is 2.33 bits per heavy atom. The van der Waals surface area contributed by atoms with Crippen LogP contribution >= 0.6 is 15.9 Å². The van der Waals surface area contributed by atoms with Crippen molar-refractivity contribution in [1.29, 1.82) is 0 Å². The second-order valence-corrected chi connectivity index (χ2v) is 3.28. The Morgan fingerprint density at radius 3 is 2.92 bits per heavy atom. The first-order valence-corrected chi connectivity index (χ1v) is 4.58. The summed E-state index contributed by atoms with van der Waals surface area (Å²) in [5.41, 5.74) is 0. The van der Waals surface area contributed by atoms with Crippen molar-refractivity contribution in [2.45, 2.75) is 6.42 Å². The van der Waals surface area contributed by atoms with Gasteiger partial charge in [-0.3, -0.25) is 0 Å². The molecular weight excluding hydrogens is 220 g/mol. The number of rotatable bonds is 4. The van der Waals surface area contributed by atoms with Crippen LogP contribution in [-0.4, -0.2) is 23.2 Å². The molecule has 0 aliphatic carbocycles. The number of aromatic nitrogens is 1. The fourth-order valence-corrected chi connectivity index (χ4v) is 1.01. The second-order valence-electron chi connectivity index (χ2n) is 2.37. The number of anilines is 1. The number of aliphatic hydroxyl groups is 1. The highest BCUT2D eigenvalue weighted by Gasteiger charge is 1.91. The van der Waals surface area contributed by atoms with Crippen LogP contribution in [0.2, 0.25) is 0 Å². The van der Waals surface area contributed by atoms with Gasteiger partial charge in [-0.15, -0.1) is 0 Å². The maximum atomic E-state index is 8.52. The van der Waals surface area contributed by atoms with Crippen molar-refractivity contribution < 1.29 is 5.11 Å². The molecule has 1 aromatic rings. The molecule has 2 N–H and O–H groups in total. The molecule has 1 rings (SSSR count). The lowest BCUT2D eigenvalue weighted by Gasteiger charge is -2.02. The molecule has 0 saturated carbocycles. The van der Waals surface area contributed by atoms with E-state index in [0.717, 1.165) is 23.3 Å². The molecule has 4 heteroatoms. The summed E-state index contributed by atoms with van der Waals surface area (Å²) in [5, 5.41) is 11.6. The Morgan fingerprint density at radius 1 is 1.50 bits per heavy atom. The summed E-state index contributed by atoms with van der Waals surface area (Å²) in [4.78, 5) is 4.11. The molecule has 66 valence electrons. The zero-order chi connectivity index (χ0) is 8.81. The van der Waals surface area contributed by atoms with Gasteiger partial charge in [0.1, 0.15) is 5.82 Å². The lowest BCUT2D eigenvalue weighted by molar-refractivity contribution is 0.292. The van der Waals surface area contributed by atoms with Crippen molar-refractivity contribution in [2.75, 3.05) is 18.5 Å². The second kappa shape index (κ2) is 5.11. The van der Waals surface area contributed by atoms with E-state index in [0.29, 0.717) is 0 Å². The fraction of sp³-hybridized carbons (Fsp3) is 0.375. The molecule has 0 spiro atoms. The predicted molar refractivity (Wildman–Crippen MR) is 52.1 cm³/mol. The Labute approximate surface area is 80.0 Å². The van der Waals surface area contributed by atoms with E-state index in [1.54, 1.807) is 6.20 Å². The first-order chi connectivity index (χ1) is 5.83. The third-order valence-corrected chi connectivity index (χ3v) is 1.84. The average molecular weight is 231 g/mol. The molecule has 3 nitrogen and oxygen atoms in total. The lowest BCUT2D eigenvalue weighted by Crippen LogP contribution is -2.04. The SMILES string of the molecule is OCCCNc1ccc(Br)cn1. The molecule has 0 fully saturated rings. The molecule has 0 aromatic carbocycles. The highest BCUT2D eigenvalue weighted by molar-refractivity contribution is 9.10. The zero-order valence-corrected chi connectivity index (χ0v) is 8.21. The Hall–Kier alpha value is -0.610. The van der Waals surface area contributed by atoms with Gasteiger partial charge in [-0.05, 0) is 34.5 Å². The van der Waals surface area contributed by atoms with Gasteiger partial charge in [0.15, 0.2) is 0 Å². The third kappa shape index (κ3) is 3.19. The zero-order valence-electron chi connectivity index (χ0n) is 6.63. The van der Waals surface area contributed by atoms with Gasteiger partial charge in [0.2, 0.25) is 0 Å². The van der Waals surface area contributed by atoms with E-state index in [1.165, 1.54) is 0 Å². The molecule has 0 bridgehead atoms. The summed E-state index contributed by atoms with van der Waals surface area (Å²) < 4.78 is 0.968. The summed E-state index contributed by atoms with van der Waals surface area (Å²) in [5.74, 6) is 0.839. The van der Waals surface area contributed by atoms with Crippen LogP contribution in [0, 0.1) is 0 Å². The van der Waals surface area contributed by atoms with Gasteiger partial charge in [0, 0.05) is 23.8 Å². The number of pyridine rings is 1. The minimum atomic E-state index is 0.212. The van der Waals surface area contributed by atoms with Gasteiger partial charge in [0.25, 0.3) is 0 Å². The highest BCUT2D eigenvalue weighted by atomic mass is 79.9. The van der Waals surface area contributed by atoms with Crippen molar-refractivity contribution in [2.24, 2.45) is 0 Å². The van der Waals surface area contributed by atoms with Crippen molar-refractivity contribution in [3.05, 3.63) is 22.8 Å². The topological polar surface area (TPSA) is 45.1 Å². The third-order valence-electron chi connectivity index (χ3n) is 1.37. The Bertz CT molecular complexity index is 225. The van der Waals surface area contributed by atoms with Crippen LogP contribution in [0.4, 0.5) is 5.82 Å². The van der Waals surface area contributed by atoms with Gasteiger partial charge < -0.3 is 10.4 Å². The normalized spacial score (nSPS) is 9.83. The molecule has 0 radical (unpaired) electrons. The summed E-state index contributed by atoms with van der Waals surface area (Å²) in [7, 11) is 0. The van der Waals surface area contributed by atoms with Crippen molar-refractivity contribution >= 4 is 21.7 Å². The molecule has 1 heterocycles. The van der Waals surface area contributed by atoms with Crippen molar-refractivity contribution in [3.63, 3.8) is 0 Å². The molecular formula is C8H11BrN2O. The average Bonchev–Trinajstić information content (AvgIpc) is 2.09. The van der Waals surface area contributed by atoms with Crippen LogP contribution in [0.1, 0.15) is 6.42 Å². The van der Waals surface area contributed by atoms with Crippen molar-refractivity contribution in [1.82, 2.24) is 4.98 Å². The minimum absolute atomic E-state index is 0.212. The van der Waals surface area contributed by atoms with Crippen LogP contribution in [0.3, 0.4) is 0 Å². The standard InChI is InChI=1S/C8H11BrN2O/c9-7-2-3-8(11-6-7)10-4-1-5-12/h2-3,6,12H,1,4-5H2,(H,10,11). The van der Waals surface area contributed by atoms with E-state index in [9.17, 15) is 0 Å². The van der Waals surface area contributed by atoms with Gasteiger partial charge in [-0.2, -0.15) is 0 Å². The van der Waals surface area contributed by atoms with E-state index in [1.807, 2.05) is 12.1 Å². The molecule has 1 aromatic heterocycles. The number of halogens is 1. The quantitative estimate of drug-likeness (QED) is 0.774. The summed E-state index contributed by atoms with van der Waals surface area (Å²) in [6.07, 6.45) is 2.49. The maximum Gasteiger partial charge on any atom is 0.125 e. The van der Waals surface area contributed by atoms with Gasteiger partial charge in [-0.25, -0.2) is 4.98 Å². The molecule has 0 aliphatic heterocycles. The lowest BCUT2D eigenvalue weighted by atomic mass is 10.4. The smallest absolute Gasteiger partial charge is 0.125 e. The summed E-state index contributed by atoms with van der Waals surface area (Å²) in [6, 6.07) is 3.82. The van der Waals surface area contributed by atoms with Crippen LogP contribution in [0.15, 0.2) is 22.8 Å². The van der Waals surface area contributed by atoms with Crippen LogP contribution in [0.5, 0.6) is 0 Å². The molecule has 0 atom stereocenters. The monoisotopic (exact) mass is 230 g/mol. The number of hydrogen-bond donors (Lipinski definition) is 2. The molecule has 0 aliphatic rings. The molecule has 0 amide bonds. The molecule has 0 unspecified atom stereocenters. The maximum absolute atomic E-state index is 8.52. The minimum Gasteiger partial charge on any atom is -0.396 e. The van der Waals surface area contributed by atoms with Crippen LogP contribution in [0.25, 0.3) is 0 Å². The van der Waals surface area contributed by atoms with E-state index in [4.69, 9.17) is 5.11 Å². The van der Waals surface area contributed by atoms with Gasteiger partial charge in [-0.1, -0.05) is 0 Å². The van der Waals surface area contributed by atoms with E-state index < -0.39 is 0 Å². The Kier molecular flexibility index (Phi) is 4.04.